The van der Waals surface area contributed by atoms with Crippen molar-refractivity contribution in [1.82, 2.24) is 9.80 Å². The summed E-state index contributed by atoms with van der Waals surface area (Å²) in [6.45, 7) is 2.30. The Labute approximate surface area is 133 Å². The van der Waals surface area contributed by atoms with Gasteiger partial charge in [-0.25, -0.2) is 0 Å². The third kappa shape index (κ3) is 3.03. The summed E-state index contributed by atoms with van der Waals surface area (Å²) in [6, 6.07) is 7.45. The molecular formula is C16H18N2O3S. The number of hydrogen-bond donors (Lipinski definition) is 0. The summed E-state index contributed by atoms with van der Waals surface area (Å²) in [4.78, 5) is 28.5. The molecule has 0 atom stereocenters. The smallest absolute Gasteiger partial charge is 0.294 e. The molecule has 5 nitrogen and oxygen atoms in total. The third-order valence-corrected chi connectivity index (χ3v) is 4.75. The van der Waals surface area contributed by atoms with Gasteiger partial charge >= 0.3 is 0 Å². The number of para-hydroxylation sites is 1. The van der Waals surface area contributed by atoms with Crippen molar-refractivity contribution >= 4 is 29.0 Å². The summed E-state index contributed by atoms with van der Waals surface area (Å²) in [7, 11) is 1.59. The second-order valence-electron chi connectivity index (χ2n) is 5.32. The van der Waals surface area contributed by atoms with Gasteiger partial charge in [0.1, 0.15) is 5.75 Å². The lowest BCUT2D eigenvalue weighted by Gasteiger charge is -2.20. The average molecular weight is 318 g/mol. The monoisotopic (exact) mass is 318 g/mol. The van der Waals surface area contributed by atoms with Crippen LogP contribution < -0.4 is 4.74 Å². The van der Waals surface area contributed by atoms with E-state index in [1.54, 1.807) is 13.2 Å². The van der Waals surface area contributed by atoms with E-state index in [0.29, 0.717) is 17.3 Å². The number of methoxy groups -OCH3 is 1. The molecule has 2 saturated heterocycles. The molecule has 0 spiro atoms. The second-order valence-corrected chi connectivity index (χ2v) is 6.31. The number of carbonyl (C=O) groups is 2. The highest BCUT2D eigenvalue weighted by Crippen LogP contribution is 2.34. The molecule has 2 fully saturated rings. The first kappa shape index (κ1) is 15.1. The van der Waals surface area contributed by atoms with Crippen LogP contribution in [-0.4, -0.2) is 47.8 Å². The molecule has 3 rings (SSSR count). The van der Waals surface area contributed by atoms with E-state index in [0.717, 1.165) is 43.3 Å². The summed E-state index contributed by atoms with van der Waals surface area (Å²) < 4.78 is 5.28. The summed E-state index contributed by atoms with van der Waals surface area (Å²) in [6.07, 6.45) is 3.99. The van der Waals surface area contributed by atoms with Crippen LogP contribution in [0.5, 0.6) is 5.75 Å². The zero-order valence-electron chi connectivity index (χ0n) is 12.4. The Morgan fingerprint density at radius 3 is 2.68 bits per heavy atom. The standard InChI is InChI=1S/C16H18N2O3S/c1-21-13-7-3-2-6-12(13)10-14-15(19)18(16(20)22-14)11-17-8-4-5-9-17/h2-3,6-7,10H,4-5,8-9,11H2,1H3/b14-10-. The second kappa shape index (κ2) is 6.54. The van der Waals surface area contributed by atoms with Crippen molar-refractivity contribution in [2.45, 2.75) is 12.8 Å². The van der Waals surface area contributed by atoms with Gasteiger partial charge in [-0.05, 0) is 49.8 Å². The SMILES string of the molecule is COc1ccccc1/C=C1\SC(=O)N(CN2CCCC2)C1=O. The van der Waals surface area contributed by atoms with Crippen LogP contribution in [0.3, 0.4) is 0 Å². The molecule has 0 N–H and O–H groups in total. The molecular weight excluding hydrogens is 300 g/mol. The van der Waals surface area contributed by atoms with E-state index < -0.39 is 0 Å². The fourth-order valence-electron chi connectivity index (χ4n) is 2.67. The quantitative estimate of drug-likeness (QED) is 0.799. The van der Waals surface area contributed by atoms with Crippen LogP contribution in [0.4, 0.5) is 4.79 Å². The first-order valence-electron chi connectivity index (χ1n) is 7.30. The molecule has 0 radical (unpaired) electrons. The molecule has 2 amide bonds. The van der Waals surface area contributed by atoms with Crippen molar-refractivity contribution in [3.8, 4) is 5.75 Å². The van der Waals surface area contributed by atoms with Gasteiger partial charge in [0.15, 0.2) is 0 Å². The van der Waals surface area contributed by atoms with Gasteiger partial charge in [-0.3, -0.25) is 19.4 Å². The Morgan fingerprint density at radius 1 is 1.23 bits per heavy atom. The highest BCUT2D eigenvalue weighted by atomic mass is 32.2. The predicted molar refractivity (Wildman–Crippen MR) is 86.5 cm³/mol. The van der Waals surface area contributed by atoms with Crippen LogP contribution in [0.2, 0.25) is 0 Å². The van der Waals surface area contributed by atoms with Gasteiger partial charge in [-0.2, -0.15) is 0 Å². The molecule has 2 aliphatic rings. The molecule has 2 heterocycles. The largest absolute Gasteiger partial charge is 0.496 e. The molecule has 1 aromatic carbocycles. The van der Waals surface area contributed by atoms with Gasteiger partial charge in [0.2, 0.25) is 0 Å². The number of ether oxygens (including phenoxy) is 1. The van der Waals surface area contributed by atoms with Gasteiger partial charge in [0.25, 0.3) is 11.1 Å². The number of nitrogens with zero attached hydrogens (tertiary/aromatic N) is 2. The number of amides is 2. The van der Waals surface area contributed by atoms with Gasteiger partial charge in [0, 0.05) is 5.56 Å². The van der Waals surface area contributed by atoms with E-state index in [2.05, 4.69) is 4.90 Å². The topological polar surface area (TPSA) is 49.9 Å². The van der Waals surface area contributed by atoms with Crippen LogP contribution in [0.25, 0.3) is 6.08 Å². The lowest BCUT2D eigenvalue weighted by atomic mass is 10.2. The molecule has 0 saturated carbocycles. The van der Waals surface area contributed by atoms with Gasteiger partial charge in [0.05, 0.1) is 18.7 Å². The third-order valence-electron chi connectivity index (χ3n) is 3.84. The van der Waals surface area contributed by atoms with Crippen LogP contribution in [0.15, 0.2) is 29.2 Å². The Hall–Kier alpha value is -1.79. The van der Waals surface area contributed by atoms with Gasteiger partial charge in [-0.1, -0.05) is 18.2 Å². The first-order valence-corrected chi connectivity index (χ1v) is 8.11. The maximum Gasteiger partial charge on any atom is 0.294 e. The predicted octanol–water partition coefficient (Wildman–Crippen LogP) is 2.78. The molecule has 0 bridgehead atoms. The number of imide groups is 1. The van der Waals surface area contributed by atoms with E-state index in [1.807, 2.05) is 24.3 Å². The Morgan fingerprint density at radius 2 is 1.95 bits per heavy atom. The highest BCUT2D eigenvalue weighted by molar-refractivity contribution is 8.18. The number of benzene rings is 1. The molecule has 22 heavy (non-hydrogen) atoms. The lowest BCUT2D eigenvalue weighted by molar-refractivity contribution is -0.124. The van der Waals surface area contributed by atoms with Crippen molar-refractivity contribution in [3.05, 3.63) is 34.7 Å². The summed E-state index contributed by atoms with van der Waals surface area (Å²) in [5.74, 6) is 0.474. The van der Waals surface area contributed by atoms with E-state index in [4.69, 9.17) is 4.74 Å². The molecule has 116 valence electrons. The lowest BCUT2D eigenvalue weighted by Crippen LogP contribution is -2.38. The maximum absolute atomic E-state index is 12.5. The Balaban J connectivity index is 1.79. The number of rotatable bonds is 4. The number of likely N-dealkylation sites (tertiary alicyclic amines) is 1. The van der Waals surface area contributed by atoms with Crippen molar-refractivity contribution in [2.75, 3.05) is 26.9 Å². The maximum atomic E-state index is 12.5. The molecule has 6 heteroatoms. The zero-order chi connectivity index (χ0) is 15.5. The minimum atomic E-state index is -0.215. The van der Waals surface area contributed by atoms with E-state index in [9.17, 15) is 9.59 Å². The minimum absolute atomic E-state index is 0.196. The Kier molecular flexibility index (Phi) is 4.49. The zero-order valence-corrected chi connectivity index (χ0v) is 13.3. The number of hydrogen-bond acceptors (Lipinski definition) is 5. The molecule has 0 aromatic heterocycles. The van der Waals surface area contributed by atoms with E-state index >= 15 is 0 Å². The van der Waals surface area contributed by atoms with Crippen molar-refractivity contribution in [1.29, 1.82) is 0 Å². The van der Waals surface area contributed by atoms with E-state index in [-0.39, 0.29) is 11.1 Å². The minimum Gasteiger partial charge on any atom is -0.496 e. The summed E-state index contributed by atoms with van der Waals surface area (Å²) in [5.41, 5.74) is 0.802. The highest BCUT2D eigenvalue weighted by Gasteiger charge is 2.36. The van der Waals surface area contributed by atoms with Crippen LogP contribution in [0.1, 0.15) is 18.4 Å². The number of carbonyl (C=O) groups excluding carboxylic acids is 2. The van der Waals surface area contributed by atoms with Crippen LogP contribution in [-0.2, 0) is 4.79 Å². The fourth-order valence-corrected chi connectivity index (χ4v) is 3.50. The van der Waals surface area contributed by atoms with E-state index in [1.165, 1.54) is 4.90 Å². The average Bonchev–Trinajstić information content (AvgIpc) is 3.12. The normalized spacial score (nSPS) is 21.1. The Bertz CT molecular complexity index is 624. The number of thioether (sulfide) groups is 1. The van der Waals surface area contributed by atoms with Crippen molar-refractivity contribution in [3.63, 3.8) is 0 Å². The van der Waals surface area contributed by atoms with Gasteiger partial charge < -0.3 is 4.74 Å². The van der Waals surface area contributed by atoms with Crippen LogP contribution >= 0.6 is 11.8 Å². The summed E-state index contributed by atoms with van der Waals surface area (Å²) in [5, 5.41) is -0.196. The molecule has 0 unspecified atom stereocenters. The molecule has 1 aromatic rings. The molecule has 2 aliphatic heterocycles. The van der Waals surface area contributed by atoms with Crippen molar-refractivity contribution in [2.24, 2.45) is 0 Å². The van der Waals surface area contributed by atoms with Crippen molar-refractivity contribution < 1.29 is 14.3 Å². The van der Waals surface area contributed by atoms with Gasteiger partial charge in [-0.15, -0.1) is 0 Å². The molecule has 0 aliphatic carbocycles. The summed E-state index contributed by atoms with van der Waals surface area (Å²) >= 11 is 0.996. The first-order chi connectivity index (χ1) is 10.7. The van der Waals surface area contributed by atoms with Crippen LogP contribution in [0, 0.1) is 0 Å². The fraction of sp³-hybridized carbons (Fsp3) is 0.375.